The predicted octanol–water partition coefficient (Wildman–Crippen LogP) is 4.29. The van der Waals surface area contributed by atoms with Crippen molar-refractivity contribution in [3.8, 4) is 0 Å². The summed E-state index contributed by atoms with van der Waals surface area (Å²) in [5.41, 5.74) is 7.70. The summed E-state index contributed by atoms with van der Waals surface area (Å²) >= 11 is 8.60. The number of hydrogen-bond acceptors (Lipinski definition) is 3. The minimum absolute atomic E-state index is 0.400. The summed E-state index contributed by atoms with van der Waals surface area (Å²) in [6, 6.07) is 7.57. The van der Waals surface area contributed by atoms with E-state index in [0.29, 0.717) is 12.1 Å². The molecule has 0 saturated carbocycles. The molecule has 0 unspecified atom stereocenters. The van der Waals surface area contributed by atoms with Crippen molar-refractivity contribution < 1.29 is 4.79 Å². The number of primary amides is 1. The maximum absolute atomic E-state index is 11.3. The zero-order chi connectivity index (χ0) is 14.0. The van der Waals surface area contributed by atoms with Gasteiger partial charge in [0.15, 0.2) is 0 Å². The second-order valence-electron chi connectivity index (χ2n) is 4.03. The SMILES string of the molecule is Cc1c(NCc2cc(Br)c(Br)s2)cccc1C(N)=O. The van der Waals surface area contributed by atoms with Crippen molar-refractivity contribution in [2.24, 2.45) is 5.73 Å². The molecule has 0 aliphatic heterocycles. The number of thiophene rings is 1. The lowest BCUT2D eigenvalue weighted by Crippen LogP contribution is -2.13. The third-order valence-electron chi connectivity index (χ3n) is 2.75. The van der Waals surface area contributed by atoms with Gasteiger partial charge in [-0.25, -0.2) is 0 Å². The van der Waals surface area contributed by atoms with Gasteiger partial charge in [0.25, 0.3) is 0 Å². The third-order valence-corrected chi connectivity index (χ3v) is 6.00. The summed E-state index contributed by atoms with van der Waals surface area (Å²) in [7, 11) is 0. The molecule has 1 heterocycles. The fourth-order valence-corrected chi connectivity index (χ4v) is 3.87. The molecule has 2 aromatic rings. The summed E-state index contributed by atoms with van der Waals surface area (Å²) in [5, 5.41) is 3.33. The van der Waals surface area contributed by atoms with Crippen LogP contribution in [-0.4, -0.2) is 5.91 Å². The number of amides is 1. The van der Waals surface area contributed by atoms with E-state index in [0.717, 1.165) is 19.5 Å². The molecule has 0 fully saturated rings. The molecule has 1 aromatic carbocycles. The molecule has 2 rings (SSSR count). The minimum atomic E-state index is -0.400. The quantitative estimate of drug-likeness (QED) is 0.799. The molecular weight excluding hydrogens is 392 g/mol. The van der Waals surface area contributed by atoms with E-state index in [1.165, 1.54) is 4.88 Å². The topological polar surface area (TPSA) is 55.1 Å². The molecule has 0 radical (unpaired) electrons. The van der Waals surface area contributed by atoms with Gasteiger partial charge in [-0.05, 0) is 62.5 Å². The van der Waals surface area contributed by atoms with Crippen LogP contribution in [-0.2, 0) is 6.54 Å². The molecule has 0 aliphatic carbocycles. The van der Waals surface area contributed by atoms with Gasteiger partial charge in [-0.2, -0.15) is 0 Å². The van der Waals surface area contributed by atoms with Gasteiger partial charge in [-0.1, -0.05) is 6.07 Å². The highest BCUT2D eigenvalue weighted by Gasteiger charge is 2.09. The van der Waals surface area contributed by atoms with Crippen molar-refractivity contribution in [1.82, 2.24) is 0 Å². The van der Waals surface area contributed by atoms with E-state index in [9.17, 15) is 4.79 Å². The van der Waals surface area contributed by atoms with Crippen LogP contribution in [0.2, 0.25) is 0 Å². The molecule has 0 atom stereocenters. The number of hydrogen-bond donors (Lipinski definition) is 2. The summed E-state index contributed by atoms with van der Waals surface area (Å²) in [6.45, 7) is 2.60. The fraction of sp³-hybridized carbons (Fsp3) is 0.154. The van der Waals surface area contributed by atoms with Crippen molar-refractivity contribution >= 4 is 54.8 Å². The Labute approximate surface area is 132 Å². The van der Waals surface area contributed by atoms with E-state index in [1.54, 1.807) is 17.4 Å². The zero-order valence-corrected chi connectivity index (χ0v) is 14.2. The highest BCUT2D eigenvalue weighted by atomic mass is 79.9. The van der Waals surface area contributed by atoms with Gasteiger partial charge in [0, 0.05) is 27.1 Å². The summed E-state index contributed by atoms with van der Waals surface area (Å²) in [6.07, 6.45) is 0. The molecule has 0 bridgehead atoms. The van der Waals surface area contributed by atoms with E-state index < -0.39 is 5.91 Å². The number of rotatable bonds is 4. The Morgan fingerprint density at radius 2 is 2.16 bits per heavy atom. The number of nitrogens with two attached hydrogens (primary N) is 1. The molecule has 0 aliphatic rings. The van der Waals surface area contributed by atoms with Crippen molar-refractivity contribution in [2.45, 2.75) is 13.5 Å². The van der Waals surface area contributed by atoms with Crippen LogP contribution < -0.4 is 11.1 Å². The molecule has 0 spiro atoms. The van der Waals surface area contributed by atoms with Crippen LogP contribution in [0.4, 0.5) is 5.69 Å². The number of anilines is 1. The van der Waals surface area contributed by atoms with Crippen LogP contribution in [0.25, 0.3) is 0 Å². The molecule has 0 saturated heterocycles. The van der Waals surface area contributed by atoms with E-state index in [1.807, 2.05) is 19.1 Å². The summed E-state index contributed by atoms with van der Waals surface area (Å²) in [5.74, 6) is -0.400. The average Bonchev–Trinajstić information content (AvgIpc) is 2.67. The van der Waals surface area contributed by atoms with Crippen molar-refractivity contribution in [3.63, 3.8) is 0 Å². The molecule has 19 heavy (non-hydrogen) atoms. The van der Waals surface area contributed by atoms with Gasteiger partial charge in [0.1, 0.15) is 0 Å². The zero-order valence-electron chi connectivity index (χ0n) is 10.2. The van der Waals surface area contributed by atoms with Crippen molar-refractivity contribution in [1.29, 1.82) is 0 Å². The molecular formula is C13H12Br2N2OS. The first-order valence-electron chi connectivity index (χ1n) is 5.56. The second-order valence-corrected chi connectivity index (χ2v) is 7.34. The van der Waals surface area contributed by atoms with E-state index in [4.69, 9.17) is 5.73 Å². The number of benzene rings is 1. The number of carbonyl (C=O) groups is 1. The van der Waals surface area contributed by atoms with Crippen LogP contribution in [0, 0.1) is 6.92 Å². The van der Waals surface area contributed by atoms with Gasteiger partial charge >= 0.3 is 0 Å². The van der Waals surface area contributed by atoms with Gasteiger partial charge in [-0.15, -0.1) is 11.3 Å². The van der Waals surface area contributed by atoms with Crippen molar-refractivity contribution in [2.75, 3.05) is 5.32 Å². The lowest BCUT2D eigenvalue weighted by atomic mass is 10.1. The first-order chi connectivity index (χ1) is 8.99. The van der Waals surface area contributed by atoms with Crippen LogP contribution in [0.15, 0.2) is 32.5 Å². The average molecular weight is 404 g/mol. The molecule has 1 aromatic heterocycles. The Kier molecular flexibility index (Phi) is 4.65. The lowest BCUT2D eigenvalue weighted by Gasteiger charge is -2.10. The second kappa shape index (κ2) is 6.07. The van der Waals surface area contributed by atoms with Crippen LogP contribution >= 0.6 is 43.2 Å². The Morgan fingerprint density at radius 3 is 2.74 bits per heavy atom. The molecule has 3 nitrogen and oxygen atoms in total. The number of nitrogens with one attached hydrogen (secondary N) is 1. The molecule has 100 valence electrons. The summed E-state index contributed by atoms with van der Waals surface area (Å²) in [4.78, 5) is 12.5. The standard InChI is InChI=1S/C13H12Br2N2OS/c1-7-9(13(16)18)3-2-4-11(7)17-6-8-5-10(14)12(15)19-8/h2-5,17H,6H2,1H3,(H2,16,18). The molecule has 3 N–H and O–H groups in total. The van der Waals surface area contributed by atoms with Crippen molar-refractivity contribution in [3.05, 3.63) is 48.5 Å². The lowest BCUT2D eigenvalue weighted by molar-refractivity contribution is 0.1000. The highest BCUT2D eigenvalue weighted by molar-refractivity contribution is 9.13. The Hall–Kier alpha value is -0.850. The smallest absolute Gasteiger partial charge is 0.249 e. The normalized spacial score (nSPS) is 10.5. The molecule has 6 heteroatoms. The Morgan fingerprint density at radius 1 is 1.42 bits per heavy atom. The van der Waals surface area contributed by atoms with E-state index in [2.05, 4.69) is 43.2 Å². The van der Waals surface area contributed by atoms with E-state index >= 15 is 0 Å². The maximum Gasteiger partial charge on any atom is 0.249 e. The predicted molar refractivity (Wildman–Crippen MR) is 86.7 cm³/mol. The van der Waals surface area contributed by atoms with Gasteiger partial charge in [0.2, 0.25) is 5.91 Å². The first kappa shape index (κ1) is 14.6. The van der Waals surface area contributed by atoms with Gasteiger partial charge < -0.3 is 11.1 Å². The number of carbonyl (C=O) groups excluding carboxylic acids is 1. The fourth-order valence-electron chi connectivity index (χ4n) is 1.75. The molecule has 1 amide bonds. The van der Waals surface area contributed by atoms with Gasteiger partial charge in [0.05, 0.1) is 3.79 Å². The largest absolute Gasteiger partial charge is 0.380 e. The first-order valence-corrected chi connectivity index (χ1v) is 7.96. The van der Waals surface area contributed by atoms with E-state index in [-0.39, 0.29) is 0 Å². The Balaban J connectivity index is 2.16. The third kappa shape index (κ3) is 3.38. The monoisotopic (exact) mass is 402 g/mol. The van der Waals surface area contributed by atoms with Crippen LogP contribution in [0.3, 0.4) is 0 Å². The Bertz CT molecular complexity index is 606. The summed E-state index contributed by atoms with van der Waals surface area (Å²) < 4.78 is 2.13. The van der Waals surface area contributed by atoms with Gasteiger partial charge in [-0.3, -0.25) is 4.79 Å². The minimum Gasteiger partial charge on any atom is -0.380 e. The van der Waals surface area contributed by atoms with Crippen LogP contribution in [0.5, 0.6) is 0 Å². The maximum atomic E-state index is 11.3. The number of halogens is 2. The van der Waals surface area contributed by atoms with Crippen LogP contribution in [0.1, 0.15) is 20.8 Å². The highest BCUT2D eigenvalue weighted by Crippen LogP contribution is 2.33.